The molecule has 0 saturated carbocycles. The number of fused-ring (bicyclic) bond motifs is 1. The van der Waals surface area contributed by atoms with Crippen molar-refractivity contribution in [1.29, 1.82) is 0 Å². The van der Waals surface area contributed by atoms with Gasteiger partial charge in [0.1, 0.15) is 5.75 Å². The summed E-state index contributed by atoms with van der Waals surface area (Å²) in [5, 5.41) is 13.2. The van der Waals surface area contributed by atoms with Crippen molar-refractivity contribution < 1.29 is 9.90 Å². The fourth-order valence-electron chi connectivity index (χ4n) is 4.16. The average molecular weight is 350 g/mol. The molecule has 2 aliphatic heterocycles. The number of phenols is 1. The predicted octanol–water partition coefficient (Wildman–Crippen LogP) is 4.74. The standard InChI is InChI=1S/C22H26N2O2/c1-14(2)16-7-10-19-18(12-16)21(24-11-3-4-22(24)26)13-20(23-19)15-5-8-17(25)9-6-15/h5-10,12,14,20-21,23,25H,3-4,11,13H2,1-2H3/t20-,21-/m0/s1. The minimum absolute atomic E-state index is 0.110. The van der Waals surface area contributed by atoms with Crippen LogP contribution in [0.25, 0.3) is 0 Å². The largest absolute Gasteiger partial charge is 0.508 e. The number of anilines is 1. The van der Waals surface area contributed by atoms with E-state index in [1.54, 1.807) is 12.1 Å². The van der Waals surface area contributed by atoms with E-state index in [0.29, 0.717) is 12.3 Å². The fraction of sp³-hybridized carbons (Fsp3) is 0.409. The zero-order chi connectivity index (χ0) is 18.3. The van der Waals surface area contributed by atoms with Gasteiger partial charge < -0.3 is 15.3 Å². The Morgan fingerprint density at radius 3 is 2.58 bits per heavy atom. The van der Waals surface area contributed by atoms with Crippen LogP contribution in [0.15, 0.2) is 42.5 Å². The summed E-state index contributed by atoms with van der Waals surface area (Å²) in [6, 6.07) is 14.2. The molecular weight excluding hydrogens is 324 g/mol. The quantitative estimate of drug-likeness (QED) is 0.841. The first-order chi connectivity index (χ1) is 12.5. The molecule has 2 aromatic carbocycles. The lowest BCUT2D eigenvalue weighted by atomic mass is 9.86. The van der Waals surface area contributed by atoms with Crippen molar-refractivity contribution in [2.24, 2.45) is 0 Å². The Balaban J connectivity index is 1.74. The van der Waals surface area contributed by atoms with Gasteiger partial charge in [-0.2, -0.15) is 0 Å². The fourth-order valence-corrected chi connectivity index (χ4v) is 4.16. The molecule has 4 heteroatoms. The highest BCUT2D eigenvalue weighted by Gasteiger charge is 2.36. The molecule has 0 unspecified atom stereocenters. The van der Waals surface area contributed by atoms with Crippen LogP contribution in [0.4, 0.5) is 5.69 Å². The van der Waals surface area contributed by atoms with Crippen molar-refractivity contribution in [1.82, 2.24) is 4.90 Å². The summed E-state index contributed by atoms with van der Waals surface area (Å²) >= 11 is 0. The summed E-state index contributed by atoms with van der Waals surface area (Å²) in [5.74, 6) is 1.00. The first-order valence-corrected chi connectivity index (χ1v) is 9.51. The molecule has 2 N–H and O–H groups in total. The highest BCUT2D eigenvalue weighted by molar-refractivity contribution is 5.79. The van der Waals surface area contributed by atoms with E-state index in [9.17, 15) is 9.90 Å². The van der Waals surface area contributed by atoms with E-state index < -0.39 is 0 Å². The molecule has 0 aromatic heterocycles. The van der Waals surface area contributed by atoms with Crippen LogP contribution in [0.3, 0.4) is 0 Å². The third-order valence-electron chi connectivity index (χ3n) is 5.67. The summed E-state index contributed by atoms with van der Waals surface area (Å²) in [4.78, 5) is 14.5. The van der Waals surface area contributed by atoms with Gasteiger partial charge in [0.25, 0.3) is 0 Å². The van der Waals surface area contributed by atoms with Crippen LogP contribution in [-0.2, 0) is 4.79 Å². The topological polar surface area (TPSA) is 52.6 Å². The van der Waals surface area contributed by atoms with Crippen LogP contribution in [0, 0.1) is 0 Å². The number of nitrogens with one attached hydrogen (secondary N) is 1. The molecule has 1 amide bonds. The van der Waals surface area contributed by atoms with Gasteiger partial charge in [0.2, 0.25) is 5.91 Å². The first kappa shape index (κ1) is 17.0. The van der Waals surface area contributed by atoms with Gasteiger partial charge >= 0.3 is 0 Å². The monoisotopic (exact) mass is 350 g/mol. The maximum Gasteiger partial charge on any atom is 0.223 e. The van der Waals surface area contributed by atoms with Gasteiger partial charge in [0, 0.05) is 18.7 Å². The van der Waals surface area contributed by atoms with Crippen LogP contribution >= 0.6 is 0 Å². The molecule has 4 rings (SSSR count). The van der Waals surface area contributed by atoms with Crippen molar-refractivity contribution in [2.75, 3.05) is 11.9 Å². The lowest BCUT2D eigenvalue weighted by Crippen LogP contribution is -2.35. The lowest BCUT2D eigenvalue weighted by Gasteiger charge is -2.38. The number of carbonyl (C=O) groups excluding carboxylic acids is 1. The molecule has 1 saturated heterocycles. The van der Waals surface area contributed by atoms with Crippen LogP contribution < -0.4 is 5.32 Å². The van der Waals surface area contributed by atoms with Crippen molar-refractivity contribution in [3.63, 3.8) is 0 Å². The van der Waals surface area contributed by atoms with Gasteiger partial charge in [0.05, 0.1) is 12.1 Å². The summed E-state index contributed by atoms with van der Waals surface area (Å²) in [5.41, 5.74) is 4.80. The number of rotatable bonds is 3. The number of carbonyl (C=O) groups is 1. The van der Waals surface area contributed by atoms with Gasteiger partial charge in [-0.15, -0.1) is 0 Å². The molecule has 26 heavy (non-hydrogen) atoms. The second-order valence-electron chi connectivity index (χ2n) is 7.73. The number of hydrogen-bond acceptors (Lipinski definition) is 3. The number of hydrogen-bond donors (Lipinski definition) is 2. The molecule has 2 atom stereocenters. The molecule has 2 heterocycles. The SMILES string of the molecule is CC(C)c1ccc2c(c1)[C@@H](N1CCCC1=O)C[C@@H](c1ccc(O)cc1)N2. The van der Waals surface area contributed by atoms with E-state index in [4.69, 9.17) is 0 Å². The molecule has 136 valence electrons. The van der Waals surface area contributed by atoms with Crippen molar-refractivity contribution in [3.05, 3.63) is 59.2 Å². The molecule has 0 aliphatic carbocycles. The smallest absolute Gasteiger partial charge is 0.223 e. The Hall–Kier alpha value is -2.49. The Morgan fingerprint density at radius 1 is 1.15 bits per heavy atom. The number of benzene rings is 2. The van der Waals surface area contributed by atoms with Gasteiger partial charge in [-0.1, -0.05) is 38.1 Å². The minimum Gasteiger partial charge on any atom is -0.508 e. The van der Waals surface area contributed by atoms with E-state index in [1.165, 1.54) is 11.1 Å². The molecule has 1 fully saturated rings. The highest BCUT2D eigenvalue weighted by Crippen LogP contribution is 2.44. The molecule has 2 aliphatic rings. The van der Waals surface area contributed by atoms with Gasteiger partial charge in [-0.25, -0.2) is 0 Å². The zero-order valence-corrected chi connectivity index (χ0v) is 15.4. The average Bonchev–Trinajstić information content (AvgIpc) is 3.06. The Labute approximate surface area is 154 Å². The van der Waals surface area contributed by atoms with Gasteiger partial charge in [-0.3, -0.25) is 4.79 Å². The second kappa shape index (κ2) is 6.67. The number of amides is 1. The number of phenolic OH excluding ortho intramolecular Hbond substituents is 1. The zero-order valence-electron chi connectivity index (χ0n) is 15.4. The molecular formula is C22H26N2O2. The maximum atomic E-state index is 12.5. The predicted molar refractivity (Wildman–Crippen MR) is 103 cm³/mol. The Bertz CT molecular complexity index is 813. The van der Waals surface area contributed by atoms with Crippen LogP contribution in [0.5, 0.6) is 5.75 Å². The first-order valence-electron chi connectivity index (χ1n) is 9.51. The lowest BCUT2D eigenvalue weighted by molar-refractivity contribution is -0.130. The van der Waals surface area contributed by atoms with E-state index in [2.05, 4.69) is 42.3 Å². The Kier molecular flexibility index (Phi) is 4.35. The van der Waals surface area contributed by atoms with Crippen molar-refractivity contribution in [3.8, 4) is 5.75 Å². The normalized spacial score (nSPS) is 22.4. The van der Waals surface area contributed by atoms with Crippen LogP contribution in [-0.4, -0.2) is 22.5 Å². The number of likely N-dealkylation sites (tertiary alicyclic amines) is 1. The van der Waals surface area contributed by atoms with Crippen molar-refractivity contribution >= 4 is 11.6 Å². The van der Waals surface area contributed by atoms with Crippen LogP contribution in [0.2, 0.25) is 0 Å². The third-order valence-corrected chi connectivity index (χ3v) is 5.67. The second-order valence-corrected chi connectivity index (χ2v) is 7.73. The molecule has 0 bridgehead atoms. The van der Waals surface area contributed by atoms with Gasteiger partial charge in [-0.05, 0) is 53.6 Å². The van der Waals surface area contributed by atoms with Gasteiger partial charge in [0.15, 0.2) is 0 Å². The maximum absolute atomic E-state index is 12.5. The van der Waals surface area contributed by atoms with E-state index in [-0.39, 0.29) is 23.7 Å². The highest BCUT2D eigenvalue weighted by atomic mass is 16.3. The summed E-state index contributed by atoms with van der Waals surface area (Å²) < 4.78 is 0. The third kappa shape index (κ3) is 3.05. The van der Waals surface area contributed by atoms with E-state index >= 15 is 0 Å². The molecule has 0 spiro atoms. The number of nitrogens with zero attached hydrogens (tertiary/aromatic N) is 1. The minimum atomic E-state index is 0.110. The van der Waals surface area contributed by atoms with Crippen LogP contribution in [0.1, 0.15) is 67.8 Å². The van der Waals surface area contributed by atoms with Crippen molar-refractivity contribution in [2.45, 2.75) is 51.1 Å². The van der Waals surface area contributed by atoms with E-state index in [1.807, 2.05) is 12.1 Å². The molecule has 4 nitrogen and oxygen atoms in total. The summed E-state index contributed by atoms with van der Waals surface area (Å²) in [6.07, 6.45) is 2.46. The number of aromatic hydroxyl groups is 1. The summed E-state index contributed by atoms with van der Waals surface area (Å²) in [7, 11) is 0. The summed E-state index contributed by atoms with van der Waals surface area (Å²) in [6.45, 7) is 5.25. The molecule has 2 aromatic rings. The molecule has 0 radical (unpaired) electrons. The van der Waals surface area contributed by atoms with E-state index in [0.717, 1.165) is 30.6 Å². The Morgan fingerprint density at radius 2 is 1.92 bits per heavy atom.